The molecule has 0 unspecified atom stereocenters. The Morgan fingerprint density at radius 3 is 2.10 bits per heavy atom. The predicted molar refractivity (Wildman–Crippen MR) is 80.4 cm³/mol. The Bertz CT molecular complexity index is 375. The molecule has 5 nitrogen and oxygen atoms in total. The molecule has 0 aromatic heterocycles. The van der Waals surface area contributed by atoms with Crippen LogP contribution in [-0.2, 0) is 9.47 Å². The molecule has 0 atom stereocenters. The topological polar surface area (TPSA) is 87.6 Å². The summed E-state index contributed by atoms with van der Waals surface area (Å²) in [6, 6.07) is 4.63. The van der Waals surface area contributed by atoms with Crippen LogP contribution in [0.2, 0.25) is 0 Å². The van der Waals surface area contributed by atoms with E-state index in [1.807, 2.05) is 0 Å². The number of rotatable bonds is 1. The van der Waals surface area contributed by atoms with E-state index in [0.29, 0.717) is 24.1 Å². The van der Waals surface area contributed by atoms with Crippen LogP contribution in [-0.4, -0.2) is 33.5 Å². The van der Waals surface area contributed by atoms with Crippen molar-refractivity contribution in [3.63, 3.8) is 0 Å². The average Bonchev–Trinajstić information content (AvgIpc) is 3.02. The van der Waals surface area contributed by atoms with E-state index in [1.165, 1.54) is 26.0 Å². The fourth-order valence-electron chi connectivity index (χ4n) is 1.33. The van der Waals surface area contributed by atoms with Crippen molar-refractivity contribution in [2.24, 2.45) is 0 Å². The zero-order valence-electron chi connectivity index (χ0n) is 11.3. The molecule has 1 aliphatic rings. The first-order valence-electron chi connectivity index (χ1n) is 5.84. The quantitative estimate of drug-likeness (QED) is 0.612. The molecule has 116 valence electrons. The summed E-state index contributed by atoms with van der Waals surface area (Å²) in [6.45, 7) is 2.00. The lowest BCUT2D eigenvalue weighted by molar-refractivity contribution is 0.0601. The van der Waals surface area contributed by atoms with E-state index in [9.17, 15) is 9.18 Å². The van der Waals surface area contributed by atoms with Crippen LogP contribution < -0.4 is 11.5 Å². The van der Waals surface area contributed by atoms with Crippen LogP contribution in [0.3, 0.4) is 0 Å². The number of ether oxygens (including phenoxy) is 2. The van der Waals surface area contributed by atoms with E-state index in [0.717, 1.165) is 13.2 Å². The van der Waals surface area contributed by atoms with Crippen LogP contribution in [0.15, 0.2) is 18.2 Å². The van der Waals surface area contributed by atoms with Gasteiger partial charge in [0.15, 0.2) is 0 Å². The summed E-state index contributed by atoms with van der Waals surface area (Å²) in [6.07, 6.45) is 2.56. The van der Waals surface area contributed by atoms with Crippen molar-refractivity contribution in [3.05, 3.63) is 23.8 Å². The third-order valence-corrected chi connectivity index (χ3v) is 2.34. The van der Waals surface area contributed by atoms with Crippen LogP contribution >= 0.6 is 0 Å². The fourth-order valence-corrected chi connectivity index (χ4v) is 1.33. The second kappa shape index (κ2) is 12.2. The number of halogens is 1. The van der Waals surface area contributed by atoms with Gasteiger partial charge in [-0.2, -0.15) is 0 Å². The van der Waals surface area contributed by atoms with Crippen LogP contribution in [0.4, 0.5) is 15.8 Å². The summed E-state index contributed by atoms with van der Waals surface area (Å²) in [4.78, 5) is 11.0. The number of alkyl halides is 1. The molecule has 0 bridgehead atoms. The smallest absolute Gasteiger partial charge is 0.337 e. The largest absolute Gasteiger partial charge is 0.465 e. The van der Waals surface area contributed by atoms with E-state index in [2.05, 4.69) is 4.74 Å². The maximum atomic E-state index is 11.0. The molecule has 1 fully saturated rings. The highest BCUT2D eigenvalue weighted by Gasteiger charge is 2.05. The fraction of sp³-hybridized carbons (Fsp3) is 0.500. The molecule has 20 heavy (non-hydrogen) atoms. The van der Waals surface area contributed by atoms with Gasteiger partial charge in [0.2, 0.25) is 0 Å². The number of carbonyl (C=O) groups excluding carboxylic acids is 1. The Labute approximate surface area is 120 Å². The van der Waals surface area contributed by atoms with Crippen molar-refractivity contribution in [1.82, 2.24) is 0 Å². The summed E-state index contributed by atoms with van der Waals surface area (Å²) >= 11 is 0. The molecular weight excluding hydrogens is 263 g/mol. The molecule has 0 aliphatic carbocycles. The Balaban J connectivity index is 0. The Morgan fingerprint density at radius 1 is 1.20 bits per heavy atom. The number of nitrogen functional groups attached to an aromatic ring is 2. The lowest BCUT2D eigenvalue weighted by Gasteiger charge is -2.02. The van der Waals surface area contributed by atoms with Crippen molar-refractivity contribution < 1.29 is 18.7 Å². The molecule has 1 aliphatic heterocycles. The summed E-state index contributed by atoms with van der Waals surface area (Å²) in [5, 5.41) is 0. The van der Waals surface area contributed by atoms with Crippen molar-refractivity contribution in [2.45, 2.75) is 20.3 Å². The van der Waals surface area contributed by atoms with Gasteiger partial charge in [0, 0.05) is 13.2 Å². The van der Waals surface area contributed by atoms with E-state index < -0.39 is 5.97 Å². The van der Waals surface area contributed by atoms with Crippen LogP contribution in [0.1, 0.15) is 30.6 Å². The molecule has 1 aromatic carbocycles. The molecule has 1 aromatic rings. The number of carbonyl (C=O) groups is 1. The Kier molecular flexibility index (Phi) is 12.5. The van der Waals surface area contributed by atoms with Crippen molar-refractivity contribution in [3.8, 4) is 0 Å². The minimum atomic E-state index is -0.415. The normalized spacial score (nSPS) is 11.9. The van der Waals surface area contributed by atoms with Gasteiger partial charge in [0.1, 0.15) is 0 Å². The summed E-state index contributed by atoms with van der Waals surface area (Å²) in [5.74, 6) is -0.415. The first kappa shape index (κ1) is 20.5. The van der Waals surface area contributed by atoms with Gasteiger partial charge in [-0.1, -0.05) is 7.43 Å². The first-order valence-corrected chi connectivity index (χ1v) is 5.84. The van der Waals surface area contributed by atoms with E-state index in [1.54, 1.807) is 12.1 Å². The number of benzene rings is 1. The average molecular weight is 288 g/mol. The zero-order valence-corrected chi connectivity index (χ0v) is 11.3. The number of hydrogen-bond donors (Lipinski definition) is 2. The van der Waals surface area contributed by atoms with Gasteiger partial charge in [0.25, 0.3) is 0 Å². The molecule has 1 saturated heterocycles. The number of hydrogen-bond acceptors (Lipinski definition) is 5. The molecule has 0 spiro atoms. The van der Waals surface area contributed by atoms with Gasteiger partial charge in [-0.25, -0.2) is 4.79 Å². The Hall–Kier alpha value is -1.82. The SMILES string of the molecule is C.C1CCOC1.CF.COC(=O)c1ccc(N)c(N)c1. The minimum absolute atomic E-state index is 0. The molecule has 0 amide bonds. The van der Waals surface area contributed by atoms with E-state index in [4.69, 9.17) is 16.2 Å². The van der Waals surface area contributed by atoms with Gasteiger partial charge in [-0.05, 0) is 31.0 Å². The second-order valence-corrected chi connectivity index (χ2v) is 3.65. The summed E-state index contributed by atoms with van der Waals surface area (Å²) in [5.41, 5.74) is 12.2. The van der Waals surface area contributed by atoms with Gasteiger partial charge >= 0.3 is 5.97 Å². The molecule has 0 saturated carbocycles. The molecule has 1 heterocycles. The Morgan fingerprint density at radius 2 is 1.75 bits per heavy atom. The number of methoxy groups -OCH3 is 1. The lowest BCUT2D eigenvalue weighted by Crippen LogP contribution is -2.03. The third kappa shape index (κ3) is 7.58. The molecule has 4 N–H and O–H groups in total. The van der Waals surface area contributed by atoms with Crippen LogP contribution in [0, 0.1) is 0 Å². The van der Waals surface area contributed by atoms with Gasteiger partial charge in [-0.3, -0.25) is 4.39 Å². The third-order valence-electron chi connectivity index (χ3n) is 2.34. The van der Waals surface area contributed by atoms with Crippen molar-refractivity contribution in [1.29, 1.82) is 0 Å². The number of esters is 1. The van der Waals surface area contributed by atoms with Gasteiger partial charge in [0.05, 0.1) is 31.2 Å². The second-order valence-electron chi connectivity index (χ2n) is 3.65. The van der Waals surface area contributed by atoms with Crippen molar-refractivity contribution in [2.75, 3.05) is 39.0 Å². The van der Waals surface area contributed by atoms with Gasteiger partial charge < -0.3 is 20.9 Å². The van der Waals surface area contributed by atoms with Crippen LogP contribution in [0.5, 0.6) is 0 Å². The zero-order chi connectivity index (χ0) is 14.7. The molecular formula is C14H25FN2O3. The molecule has 2 rings (SSSR count). The maximum Gasteiger partial charge on any atom is 0.337 e. The molecule has 6 heteroatoms. The monoisotopic (exact) mass is 288 g/mol. The summed E-state index contributed by atoms with van der Waals surface area (Å²) in [7, 11) is 1.81. The first-order chi connectivity index (χ1) is 9.15. The molecule has 0 radical (unpaired) electrons. The number of nitrogens with two attached hydrogens (primary N) is 2. The predicted octanol–water partition coefficient (Wildman–Crippen LogP) is 2.66. The van der Waals surface area contributed by atoms with Crippen LogP contribution in [0.25, 0.3) is 0 Å². The van der Waals surface area contributed by atoms with E-state index in [-0.39, 0.29) is 7.43 Å². The standard InChI is InChI=1S/C8H10N2O2.C4H8O.CH3F.CH4/c1-12-8(11)5-2-3-6(9)7(10)4-5;1-2-4-5-3-1;1-2;/h2-4H,9-10H2,1H3;1-4H2;1H3;1H4. The number of anilines is 2. The van der Waals surface area contributed by atoms with E-state index >= 15 is 0 Å². The summed E-state index contributed by atoms with van der Waals surface area (Å²) < 4.78 is 18.9. The highest BCUT2D eigenvalue weighted by Crippen LogP contribution is 2.16. The highest BCUT2D eigenvalue weighted by atomic mass is 19.1. The van der Waals surface area contributed by atoms with Crippen molar-refractivity contribution >= 4 is 17.3 Å². The highest BCUT2D eigenvalue weighted by molar-refractivity contribution is 5.91. The maximum absolute atomic E-state index is 11.0. The van der Waals surface area contributed by atoms with Gasteiger partial charge in [-0.15, -0.1) is 0 Å². The lowest BCUT2D eigenvalue weighted by atomic mass is 10.2. The minimum Gasteiger partial charge on any atom is -0.465 e.